The Balaban J connectivity index is 2.69. The van der Waals surface area contributed by atoms with Crippen LogP contribution in [0, 0.1) is 0 Å². The Kier molecular flexibility index (Phi) is 4.33. The van der Waals surface area contributed by atoms with Crippen LogP contribution in [-0.4, -0.2) is 61.1 Å². The monoisotopic (exact) mass is 228 g/mol. The maximum absolute atomic E-state index is 11.4. The zero-order chi connectivity index (χ0) is 12.3. The molecule has 1 aliphatic rings. The van der Waals surface area contributed by atoms with E-state index >= 15 is 0 Å². The van der Waals surface area contributed by atoms with Gasteiger partial charge in [0.2, 0.25) is 0 Å². The normalized spacial score (nSPS) is 24.4. The molecule has 4 heteroatoms. The summed E-state index contributed by atoms with van der Waals surface area (Å²) in [5.41, 5.74) is 0.111. The summed E-state index contributed by atoms with van der Waals surface area (Å²) >= 11 is 0. The van der Waals surface area contributed by atoms with Crippen molar-refractivity contribution in [3.05, 3.63) is 0 Å². The molecule has 0 aromatic heterocycles. The predicted octanol–water partition coefficient (Wildman–Crippen LogP) is 0.964. The minimum atomic E-state index is -0.116. The molecule has 0 radical (unpaired) electrons. The third-order valence-electron chi connectivity index (χ3n) is 3.18. The van der Waals surface area contributed by atoms with E-state index in [1.807, 2.05) is 0 Å². The average Bonchev–Trinajstić information content (AvgIpc) is 2.15. The second-order valence-corrected chi connectivity index (χ2v) is 5.56. The Bertz CT molecular complexity index is 248. The van der Waals surface area contributed by atoms with Crippen LogP contribution in [-0.2, 0) is 9.53 Å². The molecule has 94 valence electrons. The van der Waals surface area contributed by atoms with Crippen LogP contribution < -0.4 is 0 Å². The number of rotatable bonds is 2. The molecule has 0 aliphatic carbocycles. The molecule has 0 bridgehead atoms. The molecule has 0 amide bonds. The summed E-state index contributed by atoms with van der Waals surface area (Å²) in [6, 6.07) is 0.270. The van der Waals surface area contributed by atoms with Crippen LogP contribution >= 0.6 is 0 Å². The lowest BCUT2D eigenvalue weighted by Gasteiger charge is -2.46. The number of ether oxygens (including phenoxy) is 1. The maximum Gasteiger partial charge on any atom is 0.307 e. The number of nitrogens with zero attached hydrogens (tertiary/aromatic N) is 2. The van der Waals surface area contributed by atoms with Crippen molar-refractivity contribution in [1.82, 2.24) is 9.80 Å². The first-order valence-corrected chi connectivity index (χ1v) is 5.86. The summed E-state index contributed by atoms with van der Waals surface area (Å²) in [5.74, 6) is -0.116. The number of hydrogen-bond acceptors (Lipinski definition) is 4. The highest BCUT2D eigenvalue weighted by molar-refractivity contribution is 5.70. The largest absolute Gasteiger partial charge is 0.469 e. The maximum atomic E-state index is 11.4. The summed E-state index contributed by atoms with van der Waals surface area (Å²) in [7, 11) is 3.56. The van der Waals surface area contributed by atoms with Crippen molar-refractivity contribution in [3.63, 3.8) is 0 Å². The van der Waals surface area contributed by atoms with Crippen molar-refractivity contribution in [1.29, 1.82) is 0 Å². The van der Waals surface area contributed by atoms with Crippen molar-refractivity contribution in [2.75, 3.05) is 33.8 Å². The minimum absolute atomic E-state index is 0.111. The molecule has 1 aliphatic heterocycles. The van der Waals surface area contributed by atoms with Crippen molar-refractivity contribution in [2.45, 2.75) is 38.8 Å². The average molecular weight is 228 g/mol. The minimum Gasteiger partial charge on any atom is -0.469 e. The molecule has 1 fully saturated rings. The topological polar surface area (TPSA) is 32.8 Å². The van der Waals surface area contributed by atoms with Gasteiger partial charge in [0.25, 0.3) is 0 Å². The molecule has 0 spiro atoms. The molecule has 1 saturated heterocycles. The quantitative estimate of drug-likeness (QED) is 0.659. The van der Waals surface area contributed by atoms with E-state index in [0.29, 0.717) is 6.42 Å². The number of carbonyl (C=O) groups excluding carboxylic acids is 1. The molecule has 1 atom stereocenters. The third-order valence-corrected chi connectivity index (χ3v) is 3.18. The molecule has 0 aromatic carbocycles. The smallest absolute Gasteiger partial charge is 0.307 e. The van der Waals surface area contributed by atoms with E-state index in [2.05, 4.69) is 37.6 Å². The van der Waals surface area contributed by atoms with Crippen LogP contribution in [0.15, 0.2) is 0 Å². The van der Waals surface area contributed by atoms with Crippen molar-refractivity contribution >= 4 is 5.97 Å². The molecular weight excluding hydrogens is 204 g/mol. The zero-order valence-corrected chi connectivity index (χ0v) is 11.1. The summed E-state index contributed by atoms with van der Waals surface area (Å²) in [6.07, 6.45) is 0.484. The standard InChI is InChI=1S/C12H24N2O2/c1-12(2,3)14-7-6-13(4)9-10(14)8-11(15)16-5/h10H,6-9H2,1-5H3. The van der Waals surface area contributed by atoms with Crippen LogP contribution in [0.5, 0.6) is 0 Å². The molecule has 0 N–H and O–H groups in total. The fourth-order valence-electron chi connectivity index (χ4n) is 2.34. The summed E-state index contributed by atoms with van der Waals surface area (Å²) < 4.78 is 4.77. The van der Waals surface area contributed by atoms with Crippen molar-refractivity contribution < 1.29 is 9.53 Å². The predicted molar refractivity (Wildman–Crippen MR) is 64.4 cm³/mol. The van der Waals surface area contributed by atoms with Gasteiger partial charge in [-0.25, -0.2) is 0 Å². The van der Waals surface area contributed by atoms with E-state index in [-0.39, 0.29) is 17.6 Å². The molecule has 1 unspecified atom stereocenters. The first-order valence-electron chi connectivity index (χ1n) is 5.86. The van der Waals surface area contributed by atoms with Crippen LogP contribution in [0.1, 0.15) is 27.2 Å². The number of hydrogen-bond donors (Lipinski definition) is 0. The molecule has 16 heavy (non-hydrogen) atoms. The second kappa shape index (κ2) is 5.15. The van der Waals surface area contributed by atoms with Gasteiger partial charge in [0.15, 0.2) is 0 Å². The van der Waals surface area contributed by atoms with E-state index < -0.39 is 0 Å². The lowest BCUT2D eigenvalue weighted by atomic mass is 9.98. The fourth-order valence-corrected chi connectivity index (χ4v) is 2.34. The van der Waals surface area contributed by atoms with Gasteiger partial charge in [-0.05, 0) is 27.8 Å². The highest BCUT2D eigenvalue weighted by Crippen LogP contribution is 2.22. The lowest BCUT2D eigenvalue weighted by Crippen LogP contribution is -2.58. The van der Waals surface area contributed by atoms with E-state index in [1.165, 1.54) is 7.11 Å². The molecule has 1 rings (SSSR count). The van der Waals surface area contributed by atoms with Crippen molar-refractivity contribution in [3.8, 4) is 0 Å². The number of esters is 1. The van der Waals surface area contributed by atoms with Gasteiger partial charge in [0.1, 0.15) is 0 Å². The number of methoxy groups -OCH3 is 1. The van der Waals surface area contributed by atoms with Crippen LogP contribution in [0.2, 0.25) is 0 Å². The van der Waals surface area contributed by atoms with E-state index in [0.717, 1.165) is 19.6 Å². The Hall–Kier alpha value is -0.610. The molecular formula is C12H24N2O2. The fraction of sp³-hybridized carbons (Fsp3) is 0.917. The van der Waals surface area contributed by atoms with Gasteiger partial charge in [0, 0.05) is 31.2 Å². The van der Waals surface area contributed by atoms with E-state index in [1.54, 1.807) is 0 Å². The number of piperazine rings is 1. The first kappa shape index (κ1) is 13.5. The van der Waals surface area contributed by atoms with Crippen LogP contribution in [0.3, 0.4) is 0 Å². The van der Waals surface area contributed by atoms with Gasteiger partial charge < -0.3 is 9.64 Å². The Morgan fingerprint density at radius 3 is 2.50 bits per heavy atom. The zero-order valence-electron chi connectivity index (χ0n) is 11.1. The summed E-state index contributed by atoms with van der Waals surface area (Å²) in [4.78, 5) is 16.1. The molecule has 0 saturated carbocycles. The number of carbonyl (C=O) groups is 1. The Morgan fingerprint density at radius 2 is 2.00 bits per heavy atom. The summed E-state index contributed by atoms with van der Waals surface area (Å²) in [5, 5.41) is 0. The van der Waals surface area contributed by atoms with E-state index in [9.17, 15) is 4.79 Å². The van der Waals surface area contributed by atoms with E-state index in [4.69, 9.17) is 4.74 Å². The second-order valence-electron chi connectivity index (χ2n) is 5.56. The highest BCUT2D eigenvalue weighted by atomic mass is 16.5. The van der Waals surface area contributed by atoms with Gasteiger partial charge in [-0.2, -0.15) is 0 Å². The molecule has 4 nitrogen and oxygen atoms in total. The van der Waals surface area contributed by atoms with Crippen LogP contribution in [0.25, 0.3) is 0 Å². The Morgan fingerprint density at radius 1 is 1.38 bits per heavy atom. The Labute approximate surface area is 98.5 Å². The third kappa shape index (κ3) is 3.46. The highest BCUT2D eigenvalue weighted by Gasteiger charge is 2.34. The van der Waals surface area contributed by atoms with Crippen molar-refractivity contribution in [2.24, 2.45) is 0 Å². The first-order chi connectivity index (χ1) is 7.34. The van der Waals surface area contributed by atoms with Gasteiger partial charge in [-0.1, -0.05) is 0 Å². The summed E-state index contributed by atoms with van der Waals surface area (Å²) in [6.45, 7) is 9.61. The van der Waals surface area contributed by atoms with Gasteiger partial charge >= 0.3 is 5.97 Å². The lowest BCUT2D eigenvalue weighted by molar-refractivity contribution is -0.143. The van der Waals surface area contributed by atoms with Gasteiger partial charge in [-0.15, -0.1) is 0 Å². The SMILES string of the molecule is COC(=O)CC1CN(C)CCN1C(C)(C)C. The molecule has 0 aromatic rings. The van der Waals surface area contributed by atoms with Gasteiger partial charge in [-0.3, -0.25) is 9.69 Å². The van der Waals surface area contributed by atoms with Gasteiger partial charge in [0.05, 0.1) is 13.5 Å². The van der Waals surface area contributed by atoms with Crippen LogP contribution in [0.4, 0.5) is 0 Å². The molecule has 1 heterocycles. The number of likely N-dealkylation sites (N-methyl/N-ethyl adjacent to an activating group) is 1.